The van der Waals surface area contributed by atoms with E-state index in [0.717, 1.165) is 19.4 Å². The Bertz CT molecular complexity index is 416. The number of phenolic OH excluding ortho intramolecular Hbond substituents is 2. The molecule has 3 N–H and O–H groups in total. The van der Waals surface area contributed by atoms with Gasteiger partial charge in [-0.15, -0.1) is 0 Å². The number of hydrogen-bond acceptors (Lipinski definition) is 4. The Morgan fingerprint density at radius 1 is 1.32 bits per heavy atom. The molecule has 0 aromatic heterocycles. The van der Waals surface area contributed by atoms with Crippen LogP contribution in [-0.2, 0) is 0 Å². The lowest BCUT2D eigenvalue weighted by atomic mass is 9.96. The van der Waals surface area contributed by atoms with Crippen LogP contribution >= 0.6 is 0 Å². The zero-order valence-corrected chi connectivity index (χ0v) is 11.9. The van der Waals surface area contributed by atoms with Crippen molar-refractivity contribution < 1.29 is 10.2 Å². The molecule has 3 unspecified atom stereocenters. The molecule has 1 heterocycles. The van der Waals surface area contributed by atoms with E-state index >= 15 is 0 Å². The summed E-state index contributed by atoms with van der Waals surface area (Å²) in [5, 5.41) is 23.3. The van der Waals surface area contributed by atoms with Crippen molar-refractivity contribution in [1.29, 1.82) is 0 Å². The largest absolute Gasteiger partial charge is 0.507 e. The van der Waals surface area contributed by atoms with Crippen LogP contribution in [0, 0.1) is 0 Å². The van der Waals surface area contributed by atoms with Crippen LogP contribution in [0.3, 0.4) is 0 Å². The van der Waals surface area contributed by atoms with E-state index in [1.165, 1.54) is 0 Å². The molecule has 1 aliphatic rings. The molecule has 4 heteroatoms. The lowest BCUT2D eigenvalue weighted by Crippen LogP contribution is -2.46. The molecule has 1 aliphatic heterocycles. The summed E-state index contributed by atoms with van der Waals surface area (Å²) in [5.41, 5.74) is 0.592. The number of piperidine rings is 1. The second kappa shape index (κ2) is 5.80. The minimum atomic E-state index is -0.0539. The molecule has 1 aromatic carbocycles. The molecular formula is C15H24N2O2. The summed E-state index contributed by atoms with van der Waals surface area (Å²) in [6.07, 6.45) is 2.19. The molecular weight excluding hydrogens is 240 g/mol. The Kier molecular flexibility index (Phi) is 4.32. The third-order valence-corrected chi connectivity index (χ3v) is 4.19. The van der Waals surface area contributed by atoms with Crippen LogP contribution in [0.5, 0.6) is 11.5 Å². The zero-order valence-electron chi connectivity index (χ0n) is 11.9. The topological polar surface area (TPSA) is 55.7 Å². The Hall–Kier alpha value is -1.26. The van der Waals surface area contributed by atoms with Crippen LogP contribution in [0.2, 0.25) is 0 Å². The average molecular weight is 264 g/mol. The fourth-order valence-corrected chi connectivity index (χ4v) is 2.86. The van der Waals surface area contributed by atoms with Crippen LogP contribution in [-0.4, -0.2) is 40.8 Å². The van der Waals surface area contributed by atoms with E-state index in [0.29, 0.717) is 17.6 Å². The Labute approximate surface area is 115 Å². The van der Waals surface area contributed by atoms with Gasteiger partial charge in [0.05, 0.1) is 5.56 Å². The van der Waals surface area contributed by atoms with Crippen LogP contribution in [0.1, 0.15) is 38.3 Å². The SMILES string of the molecule is CC(NC1CCN(C)C(C)C1)c1c(O)cccc1O. The van der Waals surface area contributed by atoms with Crippen molar-refractivity contribution in [3.63, 3.8) is 0 Å². The van der Waals surface area contributed by atoms with E-state index < -0.39 is 0 Å². The van der Waals surface area contributed by atoms with Gasteiger partial charge in [0.25, 0.3) is 0 Å². The van der Waals surface area contributed by atoms with E-state index in [9.17, 15) is 10.2 Å². The number of nitrogens with one attached hydrogen (secondary N) is 1. The van der Waals surface area contributed by atoms with E-state index in [4.69, 9.17) is 0 Å². The van der Waals surface area contributed by atoms with Crippen molar-refractivity contribution in [2.75, 3.05) is 13.6 Å². The Morgan fingerprint density at radius 2 is 1.95 bits per heavy atom. The molecule has 3 atom stereocenters. The number of rotatable bonds is 3. The maximum atomic E-state index is 9.88. The average Bonchev–Trinajstić information content (AvgIpc) is 2.33. The summed E-state index contributed by atoms with van der Waals surface area (Å²) in [6.45, 7) is 5.30. The van der Waals surface area contributed by atoms with Crippen molar-refractivity contribution in [2.45, 2.75) is 44.8 Å². The predicted molar refractivity (Wildman–Crippen MR) is 76.4 cm³/mol. The lowest BCUT2D eigenvalue weighted by molar-refractivity contribution is 0.163. The number of hydrogen-bond donors (Lipinski definition) is 3. The molecule has 0 bridgehead atoms. The molecule has 0 radical (unpaired) electrons. The molecule has 2 rings (SSSR count). The third kappa shape index (κ3) is 3.19. The predicted octanol–water partition coefficient (Wildman–Crippen LogP) is 2.23. The number of aromatic hydroxyl groups is 2. The minimum Gasteiger partial charge on any atom is -0.507 e. The van der Waals surface area contributed by atoms with E-state index in [1.54, 1.807) is 18.2 Å². The van der Waals surface area contributed by atoms with Gasteiger partial charge in [-0.05, 0) is 52.4 Å². The van der Waals surface area contributed by atoms with Crippen molar-refractivity contribution >= 4 is 0 Å². The van der Waals surface area contributed by atoms with E-state index in [-0.39, 0.29) is 17.5 Å². The third-order valence-electron chi connectivity index (χ3n) is 4.19. The van der Waals surface area contributed by atoms with Gasteiger partial charge in [-0.2, -0.15) is 0 Å². The van der Waals surface area contributed by atoms with Crippen molar-refractivity contribution in [2.24, 2.45) is 0 Å². The maximum absolute atomic E-state index is 9.88. The normalized spacial score (nSPS) is 26.3. The monoisotopic (exact) mass is 264 g/mol. The quantitative estimate of drug-likeness (QED) is 0.783. The fourth-order valence-electron chi connectivity index (χ4n) is 2.86. The first-order chi connectivity index (χ1) is 8.99. The number of phenols is 2. The second-order valence-corrected chi connectivity index (χ2v) is 5.65. The van der Waals surface area contributed by atoms with E-state index in [2.05, 4.69) is 24.2 Å². The van der Waals surface area contributed by atoms with Gasteiger partial charge in [0, 0.05) is 18.1 Å². The highest BCUT2D eigenvalue weighted by molar-refractivity contribution is 5.44. The number of likely N-dealkylation sites (tertiary alicyclic amines) is 1. The van der Waals surface area contributed by atoms with Crippen LogP contribution in [0.15, 0.2) is 18.2 Å². The van der Waals surface area contributed by atoms with Gasteiger partial charge in [0.2, 0.25) is 0 Å². The lowest BCUT2D eigenvalue weighted by Gasteiger charge is -2.36. The van der Waals surface area contributed by atoms with Gasteiger partial charge >= 0.3 is 0 Å². The molecule has 1 aromatic rings. The number of nitrogens with zero attached hydrogens (tertiary/aromatic N) is 1. The van der Waals surface area contributed by atoms with Gasteiger partial charge in [-0.1, -0.05) is 6.07 Å². The first-order valence-electron chi connectivity index (χ1n) is 6.96. The number of benzene rings is 1. The summed E-state index contributed by atoms with van der Waals surface area (Å²) in [4.78, 5) is 2.36. The fraction of sp³-hybridized carbons (Fsp3) is 0.600. The van der Waals surface area contributed by atoms with Gasteiger partial charge in [0.1, 0.15) is 11.5 Å². The van der Waals surface area contributed by atoms with E-state index in [1.807, 2.05) is 6.92 Å². The Morgan fingerprint density at radius 3 is 2.53 bits per heavy atom. The van der Waals surface area contributed by atoms with Crippen molar-refractivity contribution in [3.05, 3.63) is 23.8 Å². The summed E-state index contributed by atoms with van der Waals surface area (Å²) in [6, 6.07) is 5.83. The molecule has 0 amide bonds. The summed E-state index contributed by atoms with van der Waals surface area (Å²) in [7, 11) is 2.15. The molecule has 0 spiro atoms. The first-order valence-corrected chi connectivity index (χ1v) is 6.96. The molecule has 106 valence electrons. The van der Waals surface area contributed by atoms with Gasteiger partial charge in [-0.3, -0.25) is 0 Å². The van der Waals surface area contributed by atoms with Crippen molar-refractivity contribution in [1.82, 2.24) is 10.2 Å². The van der Waals surface area contributed by atoms with Crippen LogP contribution in [0.25, 0.3) is 0 Å². The standard InChI is InChI=1S/C15H24N2O2/c1-10-9-12(7-8-17(10)3)16-11(2)15-13(18)5-4-6-14(15)19/h4-6,10-12,16,18-19H,7-9H2,1-3H3. The molecule has 19 heavy (non-hydrogen) atoms. The molecule has 1 saturated heterocycles. The highest BCUT2D eigenvalue weighted by Gasteiger charge is 2.25. The minimum absolute atomic E-state index is 0.0539. The zero-order chi connectivity index (χ0) is 14.0. The summed E-state index contributed by atoms with van der Waals surface area (Å²) < 4.78 is 0. The Balaban J connectivity index is 2.03. The summed E-state index contributed by atoms with van der Waals surface area (Å²) >= 11 is 0. The molecule has 0 aliphatic carbocycles. The maximum Gasteiger partial charge on any atom is 0.124 e. The van der Waals surface area contributed by atoms with Crippen LogP contribution < -0.4 is 5.32 Å². The molecule has 4 nitrogen and oxygen atoms in total. The van der Waals surface area contributed by atoms with Crippen LogP contribution in [0.4, 0.5) is 0 Å². The molecule has 1 fully saturated rings. The van der Waals surface area contributed by atoms with Gasteiger partial charge in [0.15, 0.2) is 0 Å². The molecule has 0 saturated carbocycles. The van der Waals surface area contributed by atoms with Crippen molar-refractivity contribution in [3.8, 4) is 11.5 Å². The first kappa shape index (κ1) is 14.2. The smallest absolute Gasteiger partial charge is 0.124 e. The highest BCUT2D eigenvalue weighted by atomic mass is 16.3. The summed E-state index contributed by atoms with van der Waals surface area (Å²) in [5.74, 6) is 0.307. The highest BCUT2D eigenvalue weighted by Crippen LogP contribution is 2.33. The van der Waals surface area contributed by atoms with Gasteiger partial charge in [-0.25, -0.2) is 0 Å². The van der Waals surface area contributed by atoms with Gasteiger partial charge < -0.3 is 20.4 Å². The second-order valence-electron chi connectivity index (χ2n) is 5.65.